The monoisotopic (exact) mass is 321 g/mol. The number of piperidine rings is 1. The molecule has 2 rings (SSSR count). The van der Waals surface area contributed by atoms with Crippen LogP contribution in [-0.2, 0) is 0 Å². The number of urea groups is 1. The molecule has 0 aromatic heterocycles. The second-order valence-corrected chi connectivity index (χ2v) is 5.96. The number of likely N-dealkylation sites (N-methyl/N-ethyl adjacent to an activating group) is 1. The number of ether oxygens (including phenoxy) is 2. The van der Waals surface area contributed by atoms with Gasteiger partial charge in [-0.2, -0.15) is 0 Å². The second-order valence-electron chi connectivity index (χ2n) is 5.96. The maximum atomic E-state index is 12.2. The van der Waals surface area contributed by atoms with Crippen molar-refractivity contribution in [3.05, 3.63) is 24.3 Å². The number of likely N-dealkylation sites (tertiary alicyclic amines) is 1. The van der Waals surface area contributed by atoms with E-state index in [-0.39, 0.29) is 6.03 Å². The fourth-order valence-electron chi connectivity index (χ4n) is 2.67. The molecule has 1 saturated heterocycles. The Hall–Kier alpha value is -1.95. The molecule has 6 nitrogen and oxygen atoms in total. The van der Waals surface area contributed by atoms with Gasteiger partial charge in [0.1, 0.15) is 18.1 Å². The van der Waals surface area contributed by atoms with Crippen LogP contribution in [0.2, 0.25) is 0 Å². The summed E-state index contributed by atoms with van der Waals surface area (Å²) in [5, 5.41) is 2.92. The average molecular weight is 321 g/mol. The maximum Gasteiger partial charge on any atom is 0.317 e. The summed E-state index contributed by atoms with van der Waals surface area (Å²) in [7, 11) is 5.76. The lowest BCUT2D eigenvalue weighted by Gasteiger charge is -2.36. The molecular formula is C17H27N3O3. The van der Waals surface area contributed by atoms with Crippen molar-refractivity contribution in [2.24, 2.45) is 0 Å². The van der Waals surface area contributed by atoms with Gasteiger partial charge in [0.2, 0.25) is 0 Å². The SMILES string of the molecule is COc1ccc(OCCNC(=O)N2CCCC(N(C)C)C2)cc1. The number of carbonyl (C=O) groups is 1. The number of benzene rings is 1. The summed E-state index contributed by atoms with van der Waals surface area (Å²) in [5.41, 5.74) is 0. The molecular weight excluding hydrogens is 294 g/mol. The van der Waals surface area contributed by atoms with Gasteiger partial charge in [-0.15, -0.1) is 0 Å². The van der Waals surface area contributed by atoms with Crippen LogP contribution in [0, 0.1) is 0 Å². The topological polar surface area (TPSA) is 54.0 Å². The molecule has 0 spiro atoms. The Morgan fingerprint density at radius 3 is 2.65 bits per heavy atom. The summed E-state index contributed by atoms with van der Waals surface area (Å²) in [4.78, 5) is 16.3. The van der Waals surface area contributed by atoms with E-state index in [1.54, 1.807) is 7.11 Å². The minimum absolute atomic E-state index is 0.00474. The third kappa shape index (κ3) is 5.32. The average Bonchev–Trinajstić information content (AvgIpc) is 2.59. The molecule has 0 saturated carbocycles. The fourth-order valence-corrected chi connectivity index (χ4v) is 2.67. The maximum absolute atomic E-state index is 12.2. The van der Waals surface area contributed by atoms with E-state index in [0.29, 0.717) is 19.2 Å². The van der Waals surface area contributed by atoms with E-state index in [4.69, 9.17) is 9.47 Å². The Morgan fingerprint density at radius 1 is 1.30 bits per heavy atom. The van der Waals surface area contributed by atoms with E-state index < -0.39 is 0 Å². The zero-order chi connectivity index (χ0) is 16.7. The third-order valence-electron chi connectivity index (χ3n) is 4.12. The number of hydrogen-bond donors (Lipinski definition) is 1. The zero-order valence-electron chi connectivity index (χ0n) is 14.2. The van der Waals surface area contributed by atoms with Crippen molar-refractivity contribution in [3.8, 4) is 11.5 Å². The van der Waals surface area contributed by atoms with Gasteiger partial charge in [-0.3, -0.25) is 0 Å². The van der Waals surface area contributed by atoms with Crippen molar-refractivity contribution in [1.29, 1.82) is 0 Å². The van der Waals surface area contributed by atoms with Crippen molar-refractivity contribution in [2.45, 2.75) is 18.9 Å². The number of carbonyl (C=O) groups excluding carboxylic acids is 1. The zero-order valence-corrected chi connectivity index (χ0v) is 14.2. The van der Waals surface area contributed by atoms with Gasteiger partial charge in [0.15, 0.2) is 0 Å². The molecule has 1 heterocycles. The van der Waals surface area contributed by atoms with Gasteiger partial charge in [0, 0.05) is 19.1 Å². The molecule has 6 heteroatoms. The first-order chi connectivity index (χ1) is 11.1. The molecule has 2 amide bonds. The van der Waals surface area contributed by atoms with Crippen LogP contribution in [0.1, 0.15) is 12.8 Å². The normalized spacial score (nSPS) is 17.9. The molecule has 1 unspecified atom stereocenters. The molecule has 1 aliphatic rings. The summed E-state index contributed by atoms with van der Waals surface area (Å²) in [6.45, 7) is 2.56. The van der Waals surface area contributed by atoms with E-state index >= 15 is 0 Å². The highest BCUT2D eigenvalue weighted by atomic mass is 16.5. The number of rotatable bonds is 6. The summed E-state index contributed by atoms with van der Waals surface area (Å²) in [6.07, 6.45) is 2.20. The molecule has 0 aliphatic carbocycles. The lowest BCUT2D eigenvalue weighted by Crippen LogP contribution is -2.51. The van der Waals surface area contributed by atoms with Gasteiger partial charge in [-0.25, -0.2) is 4.79 Å². The predicted octanol–water partition coefficient (Wildman–Crippen LogP) is 1.81. The molecule has 1 aliphatic heterocycles. The van der Waals surface area contributed by atoms with Crippen LogP contribution in [0.25, 0.3) is 0 Å². The van der Waals surface area contributed by atoms with Gasteiger partial charge in [0.25, 0.3) is 0 Å². The summed E-state index contributed by atoms with van der Waals surface area (Å²) in [6, 6.07) is 7.85. The summed E-state index contributed by atoms with van der Waals surface area (Å²) < 4.78 is 10.7. The Morgan fingerprint density at radius 2 is 2.00 bits per heavy atom. The standard InChI is InChI=1S/C17H27N3O3/c1-19(2)14-5-4-11-20(13-14)17(21)18-10-12-23-16-8-6-15(22-3)7-9-16/h6-9,14H,4-5,10-13H2,1-3H3,(H,18,21). The predicted molar refractivity (Wildman–Crippen MR) is 90.2 cm³/mol. The van der Waals surface area contributed by atoms with Gasteiger partial charge in [-0.1, -0.05) is 0 Å². The number of hydrogen-bond acceptors (Lipinski definition) is 4. The first-order valence-electron chi connectivity index (χ1n) is 8.06. The van der Waals surface area contributed by atoms with Crippen molar-refractivity contribution >= 4 is 6.03 Å². The van der Waals surface area contributed by atoms with Crippen molar-refractivity contribution < 1.29 is 14.3 Å². The summed E-state index contributed by atoms with van der Waals surface area (Å²) in [5.74, 6) is 1.57. The van der Waals surface area contributed by atoms with E-state index in [1.165, 1.54) is 0 Å². The lowest BCUT2D eigenvalue weighted by molar-refractivity contribution is 0.139. The molecule has 1 atom stereocenters. The van der Waals surface area contributed by atoms with Gasteiger partial charge < -0.3 is 24.6 Å². The highest BCUT2D eigenvalue weighted by Crippen LogP contribution is 2.17. The Kier molecular flexibility index (Phi) is 6.52. The molecule has 128 valence electrons. The molecule has 1 aromatic carbocycles. The number of methoxy groups -OCH3 is 1. The lowest BCUT2D eigenvalue weighted by atomic mass is 10.1. The van der Waals surface area contributed by atoms with E-state index in [9.17, 15) is 4.79 Å². The van der Waals surface area contributed by atoms with Crippen LogP contribution < -0.4 is 14.8 Å². The third-order valence-corrected chi connectivity index (χ3v) is 4.12. The first kappa shape index (κ1) is 17.4. The van der Waals surface area contributed by atoms with E-state index in [2.05, 4.69) is 24.3 Å². The van der Waals surface area contributed by atoms with E-state index in [1.807, 2.05) is 29.2 Å². The first-order valence-corrected chi connectivity index (χ1v) is 8.06. The molecule has 0 radical (unpaired) electrons. The molecule has 23 heavy (non-hydrogen) atoms. The summed E-state index contributed by atoms with van der Waals surface area (Å²) >= 11 is 0. The van der Waals surface area contributed by atoms with Crippen LogP contribution in [0.3, 0.4) is 0 Å². The quantitative estimate of drug-likeness (QED) is 0.812. The molecule has 1 aromatic rings. The second kappa shape index (κ2) is 8.62. The van der Waals surface area contributed by atoms with Crippen molar-refractivity contribution in [2.75, 3.05) is 47.4 Å². The minimum atomic E-state index is -0.00474. The van der Waals surface area contributed by atoms with Crippen LogP contribution in [0.4, 0.5) is 4.79 Å². The van der Waals surface area contributed by atoms with Crippen LogP contribution in [-0.4, -0.2) is 69.3 Å². The van der Waals surface area contributed by atoms with Gasteiger partial charge >= 0.3 is 6.03 Å². The van der Waals surface area contributed by atoms with Crippen LogP contribution in [0.5, 0.6) is 11.5 Å². The van der Waals surface area contributed by atoms with E-state index in [0.717, 1.165) is 37.4 Å². The Balaban J connectivity index is 1.68. The highest BCUT2D eigenvalue weighted by molar-refractivity contribution is 5.74. The van der Waals surface area contributed by atoms with Crippen LogP contribution in [0.15, 0.2) is 24.3 Å². The molecule has 0 bridgehead atoms. The van der Waals surface area contributed by atoms with Gasteiger partial charge in [0.05, 0.1) is 13.7 Å². The number of nitrogens with zero attached hydrogens (tertiary/aromatic N) is 2. The van der Waals surface area contributed by atoms with Crippen molar-refractivity contribution in [1.82, 2.24) is 15.1 Å². The van der Waals surface area contributed by atoms with Gasteiger partial charge in [-0.05, 0) is 51.2 Å². The highest BCUT2D eigenvalue weighted by Gasteiger charge is 2.24. The number of nitrogens with one attached hydrogen (secondary N) is 1. The molecule has 1 N–H and O–H groups in total. The Labute approximate surface area is 138 Å². The van der Waals surface area contributed by atoms with Crippen LogP contribution >= 0.6 is 0 Å². The largest absolute Gasteiger partial charge is 0.497 e. The molecule has 1 fully saturated rings. The number of amides is 2. The Bertz CT molecular complexity index is 490. The fraction of sp³-hybridized carbons (Fsp3) is 0.588. The van der Waals surface area contributed by atoms with Crippen molar-refractivity contribution in [3.63, 3.8) is 0 Å². The minimum Gasteiger partial charge on any atom is -0.497 e. The smallest absolute Gasteiger partial charge is 0.317 e.